The number of benzene rings is 2. The van der Waals surface area contributed by atoms with Crippen LogP contribution in [0.3, 0.4) is 0 Å². The Morgan fingerprint density at radius 3 is 2.75 bits per heavy atom. The number of nitrogens with zero attached hydrogens (tertiary/aromatic N) is 4. The molecule has 0 saturated heterocycles. The van der Waals surface area contributed by atoms with E-state index in [-0.39, 0.29) is 5.88 Å². The molecule has 0 aliphatic heterocycles. The number of aromatic nitrogens is 2. The number of pyridine rings is 1. The SMILES string of the molecule is Cn1c(O)c(N=Nc2ccc3ccccc3n2)c2cc(Cl)ccc21. The second-order valence-electron chi connectivity index (χ2n) is 5.45. The molecule has 0 amide bonds. The Morgan fingerprint density at radius 2 is 1.88 bits per heavy atom. The first kappa shape index (κ1) is 14.7. The van der Waals surface area contributed by atoms with Crippen molar-refractivity contribution in [2.45, 2.75) is 0 Å². The van der Waals surface area contributed by atoms with Gasteiger partial charge in [0.05, 0.1) is 11.0 Å². The zero-order valence-electron chi connectivity index (χ0n) is 12.8. The predicted molar refractivity (Wildman–Crippen MR) is 95.5 cm³/mol. The molecule has 5 nitrogen and oxygen atoms in total. The summed E-state index contributed by atoms with van der Waals surface area (Å²) in [6.45, 7) is 0. The second kappa shape index (κ2) is 5.62. The van der Waals surface area contributed by atoms with Gasteiger partial charge in [0.15, 0.2) is 11.5 Å². The summed E-state index contributed by atoms with van der Waals surface area (Å²) >= 11 is 6.06. The molecule has 2 heterocycles. The number of halogens is 1. The van der Waals surface area contributed by atoms with Crippen molar-refractivity contribution in [3.8, 4) is 5.88 Å². The van der Waals surface area contributed by atoms with Crippen molar-refractivity contribution in [2.75, 3.05) is 0 Å². The Labute approximate surface area is 142 Å². The molecule has 0 saturated carbocycles. The van der Waals surface area contributed by atoms with Crippen LogP contribution in [0.2, 0.25) is 5.02 Å². The molecule has 0 fully saturated rings. The number of rotatable bonds is 2. The molecular weight excluding hydrogens is 324 g/mol. The van der Waals surface area contributed by atoms with E-state index in [9.17, 15) is 5.11 Å². The first-order chi connectivity index (χ1) is 11.6. The Bertz CT molecular complexity index is 1100. The number of aryl methyl sites for hydroxylation is 1. The highest BCUT2D eigenvalue weighted by Crippen LogP contribution is 2.39. The van der Waals surface area contributed by atoms with Crippen molar-refractivity contribution in [3.63, 3.8) is 0 Å². The fourth-order valence-corrected chi connectivity index (χ4v) is 2.87. The maximum atomic E-state index is 10.3. The lowest BCUT2D eigenvalue weighted by atomic mass is 10.2. The van der Waals surface area contributed by atoms with E-state index in [0.717, 1.165) is 21.8 Å². The van der Waals surface area contributed by atoms with Gasteiger partial charge in [-0.05, 0) is 36.4 Å². The van der Waals surface area contributed by atoms with E-state index in [4.69, 9.17) is 11.6 Å². The van der Waals surface area contributed by atoms with E-state index in [1.807, 2.05) is 36.4 Å². The lowest BCUT2D eigenvalue weighted by Crippen LogP contribution is -1.84. The first-order valence-electron chi connectivity index (χ1n) is 7.38. The minimum Gasteiger partial charge on any atom is -0.493 e. The smallest absolute Gasteiger partial charge is 0.220 e. The number of aromatic hydroxyl groups is 1. The average Bonchev–Trinajstić information content (AvgIpc) is 2.83. The van der Waals surface area contributed by atoms with Crippen LogP contribution in [0.15, 0.2) is 64.8 Å². The third-order valence-electron chi connectivity index (χ3n) is 3.94. The predicted octanol–water partition coefficient (Wildman–Crippen LogP) is 5.50. The topological polar surface area (TPSA) is 62.8 Å². The molecule has 0 radical (unpaired) electrons. The average molecular weight is 337 g/mol. The lowest BCUT2D eigenvalue weighted by molar-refractivity contribution is 0.436. The normalized spacial score (nSPS) is 11.8. The summed E-state index contributed by atoms with van der Waals surface area (Å²) in [5.74, 6) is 0.518. The summed E-state index contributed by atoms with van der Waals surface area (Å²) < 4.78 is 1.65. The first-order valence-corrected chi connectivity index (χ1v) is 7.76. The molecule has 0 atom stereocenters. The molecule has 0 spiro atoms. The zero-order chi connectivity index (χ0) is 16.7. The third kappa shape index (κ3) is 2.39. The summed E-state index contributed by atoms with van der Waals surface area (Å²) in [5, 5.41) is 21.0. The van der Waals surface area contributed by atoms with Crippen LogP contribution in [0, 0.1) is 0 Å². The van der Waals surface area contributed by atoms with Crippen molar-refractivity contribution in [3.05, 3.63) is 59.6 Å². The molecule has 4 aromatic rings. The number of hydrogen-bond donors (Lipinski definition) is 1. The fraction of sp³-hybridized carbons (Fsp3) is 0.0556. The Hall–Kier alpha value is -2.92. The van der Waals surface area contributed by atoms with Gasteiger partial charge in [0.1, 0.15) is 0 Å². The molecule has 2 aromatic heterocycles. The maximum Gasteiger partial charge on any atom is 0.220 e. The molecule has 1 N–H and O–H groups in total. The van der Waals surface area contributed by atoms with E-state index in [1.54, 1.807) is 29.8 Å². The van der Waals surface area contributed by atoms with E-state index in [0.29, 0.717) is 16.5 Å². The van der Waals surface area contributed by atoms with Crippen LogP contribution in [0.25, 0.3) is 21.8 Å². The van der Waals surface area contributed by atoms with Crippen LogP contribution in [0.5, 0.6) is 5.88 Å². The van der Waals surface area contributed by atoms with Crippen LogP contribution in [0.4, 0.5) is 11.5 Å². The fourth-order valence-electron chi connectivity index (χ4n) is 2.69. The van der Waals surface area contributed by atoms with Gasteiger partial charge in [0.25, 0.3) is 0 Å². The molecule has 118 valence electrons. The zero-order valence-corrected chi connectivity index (χ0v) is 13.6. The molecule has 0 aliphatic rings. The van der Waals surface area contributed by atoms with E-state index < -0.39 is 0 Å². The summed E-state index contributed by atoms with van der Waals surface area (Å²) in [6.07, 6.45) is 0. The molecule has 4 rings (SSSR count). The Kier molecular flexibility index (Phi) is 3.43. The molecule has 2 aromatic carbocycles. The highest BCUT2D eigenvalue weighted by molar-refractivity contribution is 6.31. The monoisotopic (exact) mass is 336 g/mol. The van der Waals surface area contributed by atoms with Crippen molar-refractivity contribution >= 4 is 44.9 Å². The summed E-state index contributed by atoms with van der Waals surface area (Å²) in [6, 6.07) is 16.9. The quantitative estimate of drug-likeness (QED) is 0.491. The highest BCUT2D eigenvalue weighted by atomic mass is 35.5. The van der Waals surface area contributed by atoms with Crippen molar-refractivity contribution in [1.82, 2.24) is 9.55 Å². The van der Waals surface area contributed by atoms with E-state index >= 15 is 0 Å². The molecule has 0 bridgehead atoms. The van der Waals surface area contributed by atoms with Gasteiger partial charge in [-0.25, -0.2) is 4.98 Å². The standard InChI is InChI=1S/C18H13ClN4O/c1-23-15-8-7-12(19)10-13(15)17(18(23)24)22-21-16-9-6-11-4-2-3-5-14(11)20-16/h2-10,24H,1H3. The van der Waals surface area contributed by atoms with Gasteiger partial charge < -0.3 is 9.67 Å². The number of azo groups is 1. The molecule has 6 heteroatoms. The van der Waals surface area contributed by atoms with Gasteiger partial charge in [0, 0.05) is 22.8 Å². The van der Waals surface area contributed by atoms with Crippen LogP contribution < -0.4 is 0 Å². The molecule has 24 heavy (non-hydrogen) atoms. The maximum absolute atomic E-state index is 10.3. The van der Waals surface area contributed by atoms with Crippen LogP contribution >= 0.6 is 11.6 Å². The van der Waals surface area contributed by atoms with Crippen molar-refractivity contribution in [2.24, 2.45) is 17.3 Å². The Morgan fingerprint density at radius 1 is 1.04 bits per heavy atom. The van der Waals surface area contributed by atoms with Crippen molar-refractivity contribution < 1.29 is 5.11 Å². The van der Waals surface area contributed by atoms with Gasteiger partial charge in [-0.15, -0.1) is 10.2 Å². The highest BCUT2D eigenvalue weighted by Gasteiger charge is 2.14. The van der Waals surface area contributed by atoms with Crippen LogP contribution in [-0.2, 0) is 7.05 Å². The largest absolute Gasteiger partial charge is 0.493 e. The molecule has 0 aliphatic carbocycles. The number of para-hydroxylation sites is 1. The minimum absolute atomic E-state index is 0.0387. The Balaban J connectivity index is 1.81. The number of fused-ring (bicyclic) bond motifs is 2. The summed E-state index contributed by atoms with van der Waals surface area (Å²) in [5.41, 5.74) is 2.06. The number of hydrogen-bond acceptors (Lipinski definition) is 4. The summed E-state index contributed by atoms with van der Waals surface area (Å²) in [7, 11) is 1.76. The van der Waals surface area contributed by atoms with Crippen LogP contribution in [-0.4, -0.2) is 14.7 Å². The molecule has 0 unspecified atom stereocenters. The van der Waals surface area contributed by atoms with Gasteiger partial charge >= 0.3 is 0 Å². The van der Waals surface area contributed by atoms with E-state index in [2.05, 4.69) is 15.2 Å². The van der Waals surface area contributed by atoms with Crippen molar-refractivity contribution in [1.29, 1.82) is 0 Å². The minimum atomic E-state index is 0.0387. The van der Waals surface area contributed by atoms with Gasteiger partial charge in [-0.3, -0.25) is 0 Å². The lowest BCUT2D eigenvalue weighted by Gasteiger charge is -1.97. The van der Waals surface area contributed by atoms with Gasteiger partial charge in [-0.2, -0.15) is 0 Å². The van der Waals surface area contributed by atoms with Gasteiger partial charge in [0.2, 0.25) is 5.88 Å². The van der Waals surface area contributed by atoms with Gasteiger partial charge in [-0.1, -0.05) is 29.8 Å². The second-order valence-corrected chi connectivity index (χ2v) is 5.89. The molecular formula is C18H13ClN4O. The van der Waals surface area contributed by atoms with E-state index in [1.165, 1.54) is 0 Å². The third-order valence-corrected chi connectivity index (χ3v) is 4.18. The summed E-state index contributed by atoms with van der Waals surface area (Å²) in [4.78, 5) is 4.45. The van der Waals surface area contributed by atoms with Crippen LogP contribution in [0.1, 0.15) is 0 Å².